The number of carbonyl (C=O) groups excluding carboxylic acids is 2. The maximum atomic E-state index is 13.7. The zero-order valence-corrected chi connectivity index (χ0v) is 21.8. The molecule has 37 heavy (non-hydrogen) atoms. The summed E-state index contributed by atoms with van der Waals surface area (Å²) in [5.41, 5.74) is -1.89. The quantitative estimate of drug-likeness (QED) is 0.538. The summed E-state index contributed by atoms with van der Waals surface area (Å²) in [5, 5.41) is 3.83. The van der Waals surface area contributed by atoms with E-state index in [1.165, 1.54) is 11.9 Å². The third-order valence-corrected chi connectivity index (χ3v) is 6.20. The van der Waals surface area contributed by atoms with E-state index in [0.717, 1.165) is 14.7 Å². The van der Waals surface area contributed by atoms with Crippen LogP contribution in [0.15, 0.2) is 21.2 Å². The van der Waals surface area contributed by atoms with E-state index in [1.54, 1.807) is 31.7 Å². The van der Waals surface area contributed by atoms with E-state index < -0.39 is 41.6 Å². The van der Waals surface area contributed by atoms with E-state index in [0.29, 0.717) is 31.2 Å². The molecule has 0 amide bonds. The van der Waals surface area contributed by atoms with Crippen LogP contribution in [0.3, 0.4) is 0 Å². The van der Waals surface area contributed by atoms with E-state index in [9.17, 15) is 32.3 Å². The van der Waals surface area contributed by atoms with Crippen molar-refractivity contribution in [2.45, 2.75) is 53.6 Å². The van der Waals surface area contributed by atoms with Gasteiger partial charge in [0.25, 0.3) is 5.56 Å². The molecule has 1 aromatic heterocycles. The number of ketones is 1. The van der Waals surface area contributed by atoms with Crippen molar-refractivity contribution in [1.29, 1.82) is 0 Å². The van der Waals surface area contributed by atoms with Gasteiger partial charge in [0.05, 0.1) is 6.54 Å². The van der Waals surface area contributed by atoms with Crippen LogP contribution in [0.2, 0.25) is 0 Å². The van der Waals surface area contributed by atoms with Crippen molar-refractivity contribution < 1.29 is 27.6 Å². The Bertz CT molecular complexity index is 1200. The van der Waals surface area contributed by atoms with Crippen LogP contribution in [-0.4, -0.2) is 71.0 Å². The van der Waals surface area contributed by atoms with E-state index in [2.05, 4.69) is 5.32 Å². The molecule has 14 heteroatoms. The SMILES string of the molecule is CC(C)=CCN1c2c(n(C)c(=O)n(CC(=O)C(C)(C)C)c2=O)N(OC(=O)C(F)(F)F)C1N1CCNCC1. The maximum absolute atomic E-state index is 13.7. The fourth-order valence-electron chi connectivity index (χ4n) is 4.07. The number of nitrogens with one attached hydrogen (secondary N) is 1. The van der Waals surface area contributed by atoms with Crippen LogP contribution in [0.5, 0.6) is 0 Å². The lowest BCUT2D eigenvalue weighted by Gasteiger charge is -2.40. The number of fused-ring (bicyclic) bond motifs is 1. The fraction of sp³-hybridized carbons (Fsp3) is 0.652. The first kappa shape index (κ1) is 28.4. The molecule has 1 atom stereocenters. The number of halogens is 3. The molecule has 0 aromatic carbocycles. The Morgan fingerprint density at radius 3 is 2.22 bits per heavy atom. The molecule has 0 spiro atoms. The normalized spacial score (nSPS) is 18.6. The third kappa shape index (κ3) is 5.74. The summed E-state index contributed by atoms with van der Waals surface area (Å²) in [5.74, 6) is -3.15. The summed E-state index contributed by atoms with van der Waals surface area (Å²) >= 11 is 0. The second-order valence-electron chi connectivity index (χ2n) is 10.3. The first-order valence-electron chi connectivity index (χ1n) is 11.9. The maximum Gasteiger partial charge on any atom is 0.493 e. The second-order valence-corrected chi connectivity index (χ2v) is 10.3. The van der Waals surface area contributed by atoms with Crippen LogP contribution in [0.4, 0.5) is 24.7 Å². The Balaban J connectivity index is 2.28. The zero-order chi connectivity index (χ0) is 27.9. The van der Waals surface area contributed by atoms with Crippen LogP contribution in [0.25, 0.3) is 0 Å². The minimum atomic E-state index is -5.31. The molecule has 1 aromatic rings. The molecular weight excluding hydrogens is 497 g/mol. The van der Waals surface area contributed by atoms with Gasteiger partial charge in [-0.3, -0.25) is 23.6 Å². The fourth-order valence-corrected chi connectivity index (χ4v) is 4.07. The van der Waals surface area contributed by atoms with Crippen molar-refractivity contribution in [2.24, 2.45) is 12.5 Å². The highest BCUT2D eigenvalue weighted by atomic mass is 19.4. The summed E-state index contributed by atoms with van der Waals surface area (Å²) in [6.45, 7) is 9.90. The van der Waals surface area contributed by atoms with E-state index in [4.69, 9.17) is 4.84 Å². The molecule has 3 rings (SSSR count). The number of rotatable bonds is 6. The molecule has 2 aliphatic rings. The number of hydrogen-bond donors (Lipinski definition) is 1. The number of hydrogen-bond acceptors (Lipinski definition) is 9. The molecule has 0 radical (unpaired) electrons. The molecule has 3 heterocycles. The van der Waals surface area contributed by atoms with Crippen molar-refractivity contribution in [1.82, 2.24) is 19.4 Å². The molecule has 1 unspecified atom stereocenters. The molecule has 1 saturated heterocycles. The summed E-state index contributed by atoms with van der Waals surface area (Å²) < 4.78 is 41.5. The summed E-state index contributed by atoms with van der Waals surface area (Å²) in [6, 6.07) is 0. The van der Waals surface area contributed by atoms with E-state index >= 15 is 0 Å². The number of hydroxylamine groups is 1. The average molecular weight is 531 g/mol. The van der Waals surface area contributed by atoms with Gasteiger partial charge >= 0.3 is 17.8 Å². The van der Waals surface area contributed by atoms with Crippen LogP contribution in [0, 0.1) is 5.41 Å². The number of alkyl halides is 3. The van der Waals surface area contributed by atoms with Crippen molar-refractivity contribution in [3.63, 3.8) is 0 Å². The van der Waals surface area contributed by atoms with Gasteiger partial charge in [-0.25, -0.2) is 9.59 Å². The first-order valence-corrected chi connectivity index (χ1v) is 11.9. The van der Waals surface area contributed by atoms with Crippen LogP contribution in [0.1, 0.15) is 34.6 Å². The molecule has 0 aliphatic carbocycles. The van der Waals surface area contributed by atoms with Gasteiger partial charge in [-0.1, -0.05) is 32.4 Å². The number of anilines is 2. The lowest BCUT2D eigenvalue weighted by atomic mass is 9.91. The Kier molecular flexibility index (Phi) is 7.94. The van der Waals surface area contributed by atoms with Crippen LogP contribution < -0.4 is 26.5 Å². The highest BCUT2D eigenvalue weighted by Gasteiger charge is 2.50. The van der Waals surface area contributed by atoms with Crippen molar-refractivity contribution in [2.75, 3.05) is 42.7 Å². The number of aromatic nitrogens is 2. The van der Waals surface area contributed by atoms with Gasteiger partial charge in [-0.15, -0.1) is 5.06 Å². The first-order chi connectivity index (χ1) is 17.1. The third-order valence-electron chi connectivity index (χ3n) is 6.20. The van der Waals surface area contributed by atoms with Gasteiger partial charge in [-0.05, 0) is 13.8 Å². The Morgan fingerprint density at radius 2 is 1.70 bits per heavy atom. The van der Waals surface area contributed by atoms with Gasteiger partial charge in [0.1, 0.15) is 0 Å². The number of carbonyl (C=O) groups is 2. The lowest BCUT2D eigenvalue weighted by molar-refractivity contribution is -0.203. The molecule has 1 N–H and O–H groups in total. The molecule has 2 aliphatic heterocycles. The highest BCUT2D eigenvalue weighted by molar-refractivity contribution is 5.84. The minimum Gasteiger partial charge on any atom is -0.327 e. The van der Waals surface area contributed by atoms with Gasteiger partial charge in [-0.2, -0.15) is 13.2 Å². The van der Waals surface area contributed by atoms with Crippen molar-refractivity contribution in [3.8, 4) is 0 Å². The van der Waals surface area contributed by atoms with E-state index in [1.807, 2.05) is 13.8 Å². The lowest BCUT2D eigenvalue weighted by Crippen LogP contribution is -2.61. The number of piperazine rings is 1. The monoisotopic (exact) mass is 530 g/mol. The van der Waals surface area contributed by atoms with Gasteiger partial charge in [0.2, 0.25) is 0 Å². The van der Waals surface area contributed by atoms with Gasteiger partial charge in [0, 0.05) is 45.2 Å². The molecule has 1 fully saturated rings. The van der Waals surface area contributed by atoms with Gasteiger partial charge in [0.15, 0.2) is 23.6 Å². The standard InChI is InChI=1S/C23H33F3N6O5/c1-14(2)7-10-30-16-17(28(6)21(36)31(18(16)34)13-15(33)22(3,4)5)32(37-19(35)23(24,25)26)20(30)29-11-8-27-9-12-29/h7,20,27H,8-13H2,1-6H3. The summed E-state index contributed by atoms with van der Waals surface area (Å²) in [4.78, 5) is 59.7. The van der Waals surface area contributed by atoms with E-state index in [-0.39, 0.29) is 23.8 Å². The Morgan fingerprint density at radius 1 is 1.11 bits per heavy atom. The number of Topliss-reactive ketones (excluding diaryl/α,β-unsaturated/α-hetero) is 1. The Labute approximate surface area is 212 Å². The van der Waals surface area contributed by atoms with Crippen LogP contribution >= 0.6 is 0 Å². The number of nitrogens with zero attached hydrogens (tertiary/aromatic N) is 5. The highest BCUT2D eigenvalue weighted by Crippen LogP contribution is 2.38. The minimum absolute atomic E-state index is 0.0741. The molecule has 206 valence electrons. The van der Waals surface area contributed by atoms with Gasteiger partial charge < -0.3 is 15.1 Å². The summed E-state index contributed by atoms with van der Waals surface area (Å²) in [7, 11) is 1.26. The molecule has 11 nitrogen and oxygen atoms in total. The molecule has 0 bridgehead atoms. The molecule has 0 saturated carbocycles. The smallest absolute Gasteiger partial charge is 0.327 e. The second kappa shape index (κ2) is 10.3. The zero-order valence-electron chi connectivity index (χ0n) is 21.8. The number of allylic oxidation sites excluding steroid dienone is 1. The predicted molar refractivity (Wildman–Crippen MR) is 130 cm³/mol. The Hall–Kier alpha value is -3.13. The predicted octanol–water partition coefficient (Wildman–Crippen LogP) is 0.964. The topological polar surface area (TPSA) is 109 Å². The summed E-state index contributed by atoms with van der Waals surface area (Å²) in [6.07, 6.45) is -4.68. The van der Waals surface area contributed by atoms with Crippen LogP contribution in [-0.2, 0) is 28.0 Å². The van der Waals surface area contributed by atoms with Crippen molar-refractivity contribution >= 4 is 23.3 Å². The average Bonchev–Trinajstić information content (AvgIpc) is 3.12. The largest absolute Gasteiger partial charge is 0.493 e. The molecular formula is C23H33F3N6O5. The van der Waals surface area contributed by atoms with Crippen molar-refractivity contribution in [3.05, 3.63) is 32.5 Å².